The number of carbonyl (C=O) groups excluding carboxylic acids is 2. The topological polar surface area (TPSA) is 74.3 Å². The molecule has 0 bridgehead atoms. The summed E-state index contributed by atoms with van der Waals surface area (Å²) in [5.41, 5.74) is -0.830. The third-order valence-corrected chi connectivity index (χ3v) is 13.0. The molecule has 0 radical (unpaired) electrons. The summed E-state index contributed by atoms with van der Waals surface area (Å²) < 4.78 is 0. The van der Waals surface area contributed by atoms with Gasteiger partial charge in [0, 0.05) is 23.3 Å². The van der Waals surface area contributed by atoms with Crippen LogP contribution in [-0.4, -0.2) is 23.7 Å². The second-order valence-electron chi connectivity index (χ2n) is 15.3. The number of fused-ring (bicyclic) bond motifs is 7. The Morgan fingerprint density at radius 1 is 1.00 bits per heavy atom. The minimum absolute atomic E-state index is 0.0176. The molecule has 0 amide bonds. The first-order chi connectivity index (χ1) is 17.1. The standard InChI is InChI=1S/C32H45N3O2/c1-27(2)11-13-32(35-16-15-33)14-12-31(7)25(20(32)18-27)22(36)17-24-29(5)19-21(34-8)26(37)28(3,4)23(29)9-10-30(24,31)6/h19-20,23-25,35H,9-14,16-18H2,1-7H3/t20?,23-,24+,25?,29-,30+,31+,32-/m0/s1. The van der Waals surface area contributed by atoms with Crippen LogP contribution in [0.5, 0.6) is 0 Å². The molecule has 0 aromatic carbocycles. The molecule has 0 aromatic heterocycles. The van der Waals surface area contributed by atoms with E-state index in [9.17, 15) is 14.9 Å². The predicted octanol–water partition coefficient (Wildman–Crippen LogP) is 6.50. The van der Waals surface area contributed by atoms with Crippen molar-refractivity contribution in [3.05, 3.63) is 23.2 Å². The zero-order valence-electron chi connectivity index (χ0n) is 24.0. The molecule has 5 aliphatic carbocycles. The fourth-order valence-electron chi connectivity index (χ4n) is 10.8. The van der Waals surface area contributed by atoms with Gasteiger partial charge in [-0.15, -0.1) is 0 Å². The van der Waals surface area contributed by atoms with Crippen LogP contribution in [0.2, 0.25) is 0 Å². The van der Waals surface area contributed by atoms with Gasteiger partial charge in [-0.25, -0.2) is 4.85 Å². The SMILES string of the molecule is [C-]#[N+]C1=C[C@]2(C)[C@H]3CC(=O)C4C5CC(C)(C)CC[C@]5(NCC#N)CC[C@@]4(C)[C@]3(C)CC[C@H]2C(C)(C)C1=O. The van der Waals surface area contributed by atoms with Crippen molar-refractivity contribution in [1.29, 1.82) is 5.26 Å². The second-order valence-corrected chi connectivity index (χ2v) is 15.3. The number of rotatable bonds is 2. The van der Waals surface area contributed by atoms with Crippen molar-refractivity contribution in [2.75, 3.05) is 6.54 Å². The summed E-state index contributed by atoms with van der Waals surface area (Å²) in [7, 11) is 0. The Morgan fingerprint density at radius 3 is 2.32 bits per heavy atom. The van der Waals surface area contributed by atoms with Crippen LogP contribution in [0.1, 0.15) is 99.8 Å². The molecule has 5 nitrogen and oxygen atoms in total. The molecule has 0 saturated heterocycles. The lowest BCUT2D eigenvalue weighted by Gasteiger charge is -2.72. The molecule has 200 valence electrons. The minimum atomic E-state index is -0.595. The number of hydrogen-bond acceptors (Lipinski definition) is 4. The Hall–Kier alpha value is -1.98. The smallest absolute Gasteiger partial charge is 0.226 e. The number of nitriles is 1. The molecule has 8 atom stereocenters. The van der Waals surface area contributed by atoms with E-state index >= 15 is 0 Å². The van der Waals surface area contributed by atoms with Crippen LogP contribution in [0.15, 0.2) is 11.8 Å². The summed E-state index contributed by atoms with van der Waals surface area (Å²) in [6.45, 7) is 23.9. The third kappa shape index (κ3) is 3.35. The van der Waals surface area contributed by atoms with Gasteiger partial charge in [0.1, 0.15) is 5.78 Å². The quantitative estimate of drug-likeness (QED) is 0.345. The lowest BCUT2D eigenvalue weighted by atomic mass is 9.32. The number of Topliss-reactive ketones (excluding diaryl/α,β-unsaturated/α-hetero) is 2. The van der Waals surface area contributed by atoms with Gasteiger partial charge in [0.2, 0.25) is 5.70 Å². The summed E-state index contributed by atoms with van der Waals surface area (Å²) in [6, 6.07) is 2.31. The van der Waals surface area contributed by atoms with Crippen molar-refractivity contribution in [3.63, 3.8) is 0 Å². The van der Waals surface area contributed by atoms with Gasteiger partial charge in [0.05, 0.1) is 19.2 Å². The van der Waals surface area contributed by atoms with E-state index in [1.165, 1.54) is 0 Å². The number of nitrogens with zero attached hydrogens (tertiary/aromatic N) is 2. The first-order valence-electron chi connectivity index (χ1n) is 14.4. The highest BCUT2D eigenvalue weighted by molar-refractivity contribution is 6.02. The Bertz CT molecular complexity index is 1150. The van der Waals surface area contributed by atoms with Crippen molar-refractivity contribution in [2.45, 2.75) is 105 Å². The average Bonchev–Trinajstić information content (AvgIpc) is 2.82. The first kappa shape index (κ1) is 26.6. The molecule has 0 aliphatic heterocycles. The zero-order valence-corrected chi connectivity index (χ0v) is 24.0. The van der Waals surface area contributed by atoms with E-state index in [4.69, 9.17) is 6.57 Å². The van der Waals surface area contributed by atoms with Crippen LogP contribution in [0.25, 0.3) is 4.85 Å². The number of hydrogen-bond donors (Lipinski definition) is 1. The van der Waals surface area contributed by atoms with Crippen LogP contribution >= 0.6 is 0 Å². The summed E-state index contributed by atoms with van der Waals surface area (Å²) in [5, 5.41) is 13.1. The van der Waals surface area contributed by atoms with Crippen LogP contribution in [0.4, 0.5) is 0 Å². The van der Waals surface area contributed by atoms with E-state index in [-0.39, 0.29) is 62.4 Å². The molecule has 2 unspecified atom stereocenters. The second kappa shape index (κ2) is 8.02. The van der Waals surface area contributed by atoms with E-state index in [1.54, 1.807) is 0 Å². The molecule has 4 fully saturated rings. The van der Waals surface area contributed by atoms with Crippen LogP contribution in [0, 0.1) is 68.6 Å². The Morgan fingerprint density at radius 2 is 1.68 bits per heavy atom. The first-order valence-corrected chi connectivity index (χ1v) is 14.4. The Kier molecular flexibility index (Phi) is 5.77. The predicted molar refractivity (Wildman–Crippen MR) is 144 cm³/mol. The third-order valence-electron chi connectivity index (χ3n) is 13.0. The zero-order chi connectivity index (χ0) is 27.2. The van der Waals surface area contributed by atoms with Gasteiger partial charge in [-0.05, 0) is 84.4 Å². The molecule has 0 aromatic rings. The normalized spacial score (nSPS) is 47.8. The van der Waals surface area contributed by atoms with E-state index in [0.717, 1.165) is 44.9 Å². The van der Waals surface area contributed by atoms with Crippen LogP contribution in [-0.2, 0) is 9.59 Å². The molecule has 5 heteroatoms. The summed E-state index contributed by atoms with van der Waals surface area (Å²) in [6.07, 6.45) is 9.63. The number of ketones is 2. The van der Waals surface area contributed by atoms with Crippen molar-refractivity contribution >= 4 is 11.6 Å². The van der Waals surface area contributed by atoms with Crippen molar-refractivity contribution in [2.24, 2.45) is 50.7 Å². The van der Waals surface area contributed by atoms with Gasteiger partial charge in [-0.1, -0.05) is 54.5 Å². The van der Waals surface area contributed by atoms with Gasteiger partial charge in [-0.3, -0.25) is 10.1 Å². The van der Waals surface area contributed by atoms with E-state index < -0.39 is 5.41 Å². The number of nitrogens with one attached hydrogen (secondary N) is 1. The molecule has 1 N–H and O–H groups in total. The lowest BCUT2D eigenvalue weighted by Crippen LogP contribution is -2.71. The van der Waals surface area contributed by atoms with Gasteiger partial charge < -0.3 is 4.79 Å². The maximum Gasteiger partial charge on any atom is 0.226 e. The van der Waals surface area contributed by atoms with Crippen molar-refractivity contribution in [3.8, 4) is 6.07 Å². The molecule has 37 heavy (non-hydrogen) atoms. The van der Waals surface area contributed by atoms with Gasteiger partial charge in [0.25, 0.3) is 0 Å². The molecule has 0 spiro atoms. The maximum atomic E-state index is 14.5. The van der Waals surface area contributed by atoms with E-state index in [0.29, 0.717) is 18.7 Å². The fraction of sp³-hybridized carbons (Fsp3) is 0.812. The van der Waals surface area contributed by atoms with Crippen LogP contribution in [0.3, 0.4) is 0 Å². The number of carbonyl (C=O) groups is 2. The van der Waals surface area contributed by atoms with Crippen molar-refractivity contribution in [1.82, 2.24) is 5.32 Å². The monoisotopic (exact) mass is 503 g/mol. The highest BCUT2D eigenvalue weighted by Crippen LogP contribution is 2.74. The van der Waals surface area contributed by atoms with Gasteiger partial charge in [0.15, 0.2) is 5.78 Å². The highest BCUT2D eigenvalue weighted by atomic mass is 16.1. The highest BCUT2D eigenvalue weighted by Gasteiger charge is 2.72. The van der Waals surface area contributed by atoms with E-state index in [2.05, 4.69) is 50.8 Å². The Balaban J connectivity index is 1.62. The lowest BCUT2D eigenvalue weighted by molar-refractivity contribution is -0.215. The van der Waals surface area contributed by atoms with Gasteiger partial charge in [-0.2, -0.15) is 5.26 Å². The summed E-state index contributed by atoms with van der Waals surface area (Å²) >= 11 is 0. The average molecular weight is 504 g/mol. The number of allylic oxidation sites excluding steroid dienone is 2. The molecule has 5 rings (SSSR count). The fourth-order valence-corrected chi connectivity index (χ4v) is 10.8. The summed E-state index contributed by atoms with van der Waals surface area (Å²) in [5.74, 6) is 0.819. The largest absolute Gasteiger partial charge is 0.307 e. The summed E-state index contributed by atoms with van der Waals surface area (Å²) in [4.78, 5) is 31.4. The van der Waals surface area contributed by atoms with Gasteiger partial charge >= 0.3 is 0 Å². The maximum absolute atomic E-state index is 14.5. The van der Waals surface area contributed by atoms with Crippen LogP contribution < -0.4 is 5.32 Å². The van der Waals surface area contributed by atoms with E-state index in [1.807, 2.05) is 19.9 Å². The molecule has 5 aliphatic rings. The molecule has 4 saturated carbocycles. The van der Waals surface area contributed by atoms with Crippen molar-refractivity contribution < 1.29 is 9.59 Å². The molecular formula is C32H45N3O2. The molecule has 0 heterocycles. The molecular weight excluding hydrogens is 458 g/mol. The Labute approximate surface area is 223 Å². The minimum Gasteiger partial charge on any atom is -0.307 e.